The summed E-state index contributed by atoms with van der Waals surface area (Å²) in [5, 5.41) is 0. The molecule has 17 heavy (non-hydrogen) atoms. The maximum Gasteiger partial charge on any atom is 0.269 e. The molecule has 0 bridgehead atoms. The summed E-state index contributed by atoms with van der Waals surface area (Å²) in [5.41, 5.74) is 5.99. The summed E-state index contributed by atoms with van der Waals surface area (Å²) < 4.78 is 4.89. The van der Waals surface area contributed by atoms with Gasteiger partial charge in [-0.15, -0.1) is 0 Å². The summed E-state index contributed by atoms with van der Waals surface area (Å²) in [6, 6.07) is 7.14. The van der Waals surface area contributed by atoms with Crippen LogP contribution in [0.5, 0.6) is 0 Å². The minimum Gasteiger partial charge on any atom is -0.372 e. The second-order valence-corrected chi connectivity index (χ2v) is 3.45. The third kappa shape index (κ3) is 4.24. The Labute approximate surface area is 100 Å². The van der Waals surface area contributed by atoms with Crippen LogP contribution in [-0.4, -0.2) is 25.0 Å². The van der Waals surface area contributed by atoms with E-state index in [0.29, 0.717) is 12.2 Å². The number of aryl methyl sites for hydroxylation is 1. The van der Waals surface area contributed by atoms with Gasteiger partial charge in [0.05, 0.1) is 0 Å². The maximum atomic E-state index is 11.7. The number of carbonyl (C=O) groups excluding carboxylic acids is 2. The van der Waals surface area contributed by atoms with Crippen LogP contribution in [0.4, 0.5) is 0 Å². The first-order valence-electron chi connectivity index (χ1n) is 5.37. The van der Waals surface area contributed by atoms with Crippen LogP contribution in [-0.2, 0) is 9.53 Å². The van der Waals surface area contributed by atoms with Crippen molar-refractivity contribution >= 4 is 11.8 Å². The molecule has 1 rings (SSSR count). The summed E-state index contributed by atoms with van der Waals surface area (Å²) in [7, 11) is 0. The zero-order valence-electron chi connectivity index (χ0n) is 9.95. The largest absolute Gasteiger partial charge is 0.372 e. The molecule has 2 N–H and O–H groups in total. The molecule has 0 spiro atoms. The van der Waals surface area contributed by atoms with Crippen molar-refractivity contribution in [3.8, 4) is 0 Å². The molecule has 0 heterocycles. The monoisotopic (exact) mass is 236 g/mol. The maximum absolute atomic E-state index is 11.7. The van der Waals surface area contributed by atoms with Crippen molar-refractivity contribution in [2.75, 3.05) is 13.2 Å². The van der Waals surface area contributed by atoms with Gasteiger partial charge in [-0.1, -0.05) is 18.2 Å². The Hall–Kier alpha value is -1.88. The molecule has 0 atom stereocenters. The van der Waals surface area contributed by atoms with E-state index < -0.39 is 0 Å². The average molecular weight is 236 g/mol. The molecule has 0 unspecified atom stereocenters. The van der Waals surface area contributed by atoms with Gasteiger partial charge in [0.2, 0.25) is 0 Å². The van der Waals surface area contributed by atoms with E-state index >= 15 is 0 Å². The summed E-state index contributed by atoms with van der Waals surface area (Å²) >= 11 is 0. The lowest BCUT2D eigenvalue weighted by atomic mass is 10.1. The third-order valence-corrected chi connectivity index (χ3v) is 2.14. The fraction of sp³-hybridized carbons (Fsp3) is 0.333. The topological polar surface area (TPSA) is 67.4 Å². The number of nitrogens with one attached hydrogen (secondary N) is 2. The van der Waals surface area contributed by atoms with E-state index in [1.54, 1.807) is 19.1 Å². The molecule has 0 aromatic heterocycles. The van der Waals surface area contributed by atoms with Gasteiger partial charge in [0.15, 0.2) is 0 Å². The molecule has 1 aromatic rings. The Morgan fingerprint density at radius 3 is 2.59 bits per heavy atom. The fourth-order valence-electron chi connectivity index (χ4n) is 1.25. The van der Waals surface area contributed by atoms with Crippen LogP contribution in [0.25, 0.3) is 0 Å². The molecule has 1 aromatic carbocycles. The molecule has 5 nitrogen and oxygen atoms in total. The van der Waals surface area contributed by atoms with Gasteiger partial charge in [-0.3, -0.25) is 20.4 Å². The Kier molecular flexibility index (Phi) is 5.16. The van der Waals surface area contributed by atoms with E-state index in [1.807, 2.05) is 19.1 Å². The number of carbonyl (C=O) groups is 2. The number of ether oxygens (including phenoxy) is 1. The molecule has 0 radical (unpaired) electrons. The molecule has 0 aliphatic rings. The zero-order chi connectivity index (χ0) is 12.7. The van der Waals surface area contributed by atoms with Gasteiger partial charge in [-0.25, -0.2) is 0 Å². The highest BCUT2D eigenvalue weighted by atomic mass is 16.5. The van der Waals surface area contributed by atoms with Crippen molar-refractivity contribution in [1.29, 1.82) is 0 Å². The summed E-state index contributed by atoms with van der Waals surface area (Å²) in [6.45, 7) is 4.01. The number of benzene rings is 1. The number of amides is 2. The SMILES string of the molecule is CCOCC(=O)NNC(=O)c1ccccc1C. The van der Waals surface area contributed by atoms with E-state index in [9.17, 15) is 9.59 Å². The van der Waals surface area contributed by atoms with Gasteiger partial charge in [0.1, 0.15) is 6.61 Å². The van der Waals surface area contributed by atoms with Gasteiger partial charge in [0.25, 0.3) is 11.8 Å². The number of rotatable bonds is 4. The smallest absolute Gasteiger partial charge is 0.269 e. The lowest BCUT2D eigenvalue weighted by molar-refractivity contribution is -0.126. The van der Waals surface area contributed by atoms with Crippen molar-refractivity contribution in [3.05, 3.63) is 35.4 Å². The number of hydrogen-bond donors (Lipinski definition) is 2. The predicted molar refractivity (Wildman–Crippen MR) is 63.3 cm³/mol. The van der Waals surface area contributed by atoms with Gasteiger partial charge >= 0.3 is 0 Å². The Bertz CT molecular complexity index is 404. The summed E-state index contributed by atoms with van der Waals surface area (Å²) in [4.78, 5) is 22.8. The van der Waals surface area contributed by atoms with Crippen LogP contribution < -0.4 is 10.9 Å². The Morgan fingerprint density at radius 1 is 1.24 bits per heavy atom. The van der Waals surface area contributed by atoms with Crippen molar-refractivity contribution in [2.24, 2.45) is 0 Å². The second-order valence-electron chi connectivity index (χ2n) is 3.45. The molecule has 0 aliphatic carbocycles. The quantitative estimate of drug-likeness (QED) is 0.760. The van der Waals surface area contributed by atoms with Crippen LogP contribution in [0.15, 0.2) is 24.3 Å². The van der Waals surface area contributed by atoms with E-state index in [2.05, 4.69) is 10.9 Å². The van der Waals surface area contributed by atoms with Crippen LogP contribution >= 0.6 is 0 Å². The zero-order valence-corrected chi connectivity index (χ0v) is 9.95. The molecule has 0 saturated heterocycles. The lowest BCUT2D eigenvalue weighted by Crippen LogP contribution is -2.43. The van der Waals surface area contributed by atoms with Gasteiger partial charge in [0, 0.05) is 12.2 Å². The van der Waals surface area contributed by atoms with Crippen LogP contribution in [0.2, 0.25) is 0 Å². The van der Waals surface area contributed by atoms with E-state index in [4.69, 9.17) is 4.74 Å². The van der Waals surface area contributed by atoms with E-state index in [0.717, 1.165) is 5.56 Å². The summed E-state index contributed by atoms with van der Waals surface area (Å²) in [6.07, 6.45) is 0. The lowest BCUT2D eigenvalue weighted by Gasteiger charge is -2.08. The molecule has 2 amide bonds. The third-order valence-electron chi connectivity index (χ3n) is 2.14. The van der Waals surface area contributed by atoms with Crippen LogP contribution in [0.1, 0.15) is 22.8 Å². The van der Waals surface area contributed by atoms with E-state index in [-0.39, 0.29) is 18.4 Å². The van der Waals surface area contributed by atoms with Crippen LogP contribution in [0.3, 0.4) is 0 Å². The average Bonchev–Trinajstić information content (AvgIpc) is 2.34. The van der Waals surface area contributed by atoms with Crippen molar-refractivity contribution in [1.82, 2.24) is 10.9 Å². The number of hydrogen-bond acceptors (Lipinski definition) is 3. The Balaban J connectivity index is 2.45. The molecule has 92 valence electrons. The first-order valence-corrected chi connectivity index (χ1v) is 5.37. The van der Waals surface area contributed by atoms with Crippen molar-refractivity contribution in [2.45, 2.75) is 13.8 Å². The standard InChI is InChI=1S/C12H16N2O3/c1-3-17-8-11(15)13-14-12(16)10-7-5-4-6-9(10)2/h4-7H,3,8H2,1-2H3,(H,13,15)(H,14,16). The molecule has 5 heteroatoms. The molecule has 0 fully saturated rings. The molecular weight excluding hydrogens is 220 g/mol. The molecule has 0 aliphatic heterocycles. The van der Waals surface area contributed by atoms with Gasteiger partial charge in [-0.2, -0.15) is 0 Å². The van der Waals surface area contributed by atoms with Crippen molar-refractivity contribution < 1.29 is 14.3 Å². The first kappa shape index (κ1) is 13.2. The van der Waals surface area contributed by atoms with Gasteiger partial charge < -0.3 is 4.74 Å². The molecular formula is C12H16N2O3. The fourth-order valence-corrected chi connectivity index (χ4v) is 1.25. The Morgan fingerprint density at radius 2 is 1.94 bits per heavy atom. The van der Waals surface area contributed by atoms with Crippen LogP contribution in [0, 0.1) is 6.92 Å². The minimum absolute atomic E-state index is 0.0649. The number of hydrazine groups is 1. The highest BCUT2D eigenvalue weighted by molar-refractivity contribution is 5.96. The normalized spacial score (nSPS) is 9.76. The predicted octanol–water partition coefficient (Wildman–Crippen LogP) is 0.793. The van der Waals surface area contributed by atoms with Crippen molar-refractivity contribution in [3.63, 3.8) is 0 Å². The summed E-state index contributed by atoms with van der Waals surface area (Å²) in [5.74, 6) is -0.721. The first-order chi connectivity index (χ1) is 8.15. The minimum atomic E-state index is -0.381. The highest BCUT2D eigenvalue weighted by Crippen LogP contribution is 2.05. The van der Waals surface area contributed by atoms with E-state index in [1.165, 1.54) is 0 Å². The van der Waals surface area contributed by atoms with Gasteiger partial charge in [-0.05, 0) is 25.5 Å². The second kappa shape index (κ2) is 6.65. The molecule has 0 saturated carbocycles. The highest BCUT2D eigenvalue weighted by Gasteiger charge is 2.08.